The normalized spacial score (nSPS) is 17.6. The Kier molecular flexibility index (Phi) is 6.30. The Labute approximate surface area is 188 Å². The van der Waals surface area contributed by atoms with Gasteiger partial charge in [-0.25, -0.2) is 0 Å². The van der Waals surface area contributed by atoms with Crippen LogP contribution in [0.4, 0.5) is 0 Å². The van der Waals surface area contributed by atoms with Gasteiger partial charge in [0, 0.05) is 23.8 Å². The number of amides is 2. The van der Waals surface area contributed by atoms with Gasteiger partial charge in [-0.15, -0.1) is 0 Å². The summed E-state index contributed by atoms with van der Waals surface area (Å²) in [6, 6.07) is 15.5. The minimum absolute atomic E-state index is 0.00251. The van der Waals surface area contributed by atoms with E-state index in [-0.39, 0.29) is 24.0 Å². The first-order valence-corrected chi connectivity index (χ1v) is 11.0. The van der Waals surface area contributed by atoms with Crippen molar-refractivity contribution in [3.05, 3.63) is 88.8 Å². The van der Waals surface area contributed by atoms with Gasteiger partial charge in [-0.3, -0.25) is 9.59 Å². The first-order valence-electron chi connectivity index (χ1n) is 11.0. The predicted molar refractivity (Wildman–Crippen MR) is 124 cm³/mol. The molecule has 2 amide bonds. The fourth-order valence-corrected chi connectivity index (χ4v) is 3.95. The average molecular weight is 432 g/mol. The molecule has 0 saturated heterocycles. The summed E-state index contributed by atoms with van der Waals surface area (Å²) in [6.07, 6.45) is 3.93. The molecule has 6 nitrogen and oxygen atoms in total. The van der Waals surface area contributed by atoms with E-state index in [4.69, 9.17) is 4.74 Å². The van der Waals surface area contributed by atoms with E-state index in [1.807, 2.05) is 75.4 Å². The number of dihydropyridines is 1. The molecule has 2 heterocycles. The number of benzene rings is 2. The summed E-state index contributed by atoms with van der Waals surface area (Å²) in [6.45, 7) is 6.40. The van der Waals surface area contributed by atoms with E-state index in [0.29, 0.717) is 24.5 Å². The third kappa shape index (κ3) is 4.85. The molecule has 0 bridgehead atoms. The molecule has 3 N–H and O–H groups in total. The maximum absolute atomic E-state index is 12.8. The van der Waals surface area contributed by atoms with Crippen LogP contribution in [0.1, 0.15) is 60.3 Å². The molecule has 0 aliphatic carbocycles. The molecule has 0 radical (unpaired) electrons. The van der Waals surface area contributed by atoms with Gasteiger partial charge in [0.2, 0.25) is 5.91 Å². The second-order valence-electron chi connectivity index (χ2n) is 8.67. The van der Waals surface area contributed by atoms with E-state index in [1.54, 1.807) is 6.20 Å². The van der Waals surface area contributed by atoms with Crippen LogP contribution in [0.5, 0.6) is 0 Å². The van der Waals surface area contributed by atoms with Gasteiger partial charge in [-0.1, -0.05) is 50.2 Å². The number of carbonyl (C=O) groups excluding carboxylic acids is 2. The molecule has 2 aliphatic rings. The molecule has 0 saturated carbocycles. The number of rotatable bonds is 6. The van der Waals surface area contributed by atoms with Crippen molar-refractivity contribution in [3.8, 4) is 0 Å². The van der Waals surface area contributed by atoms with Crippen molar-refractivity contribution < 1.29 is 14.3 Å². The number of hydrogen-bond acceptors (Lipinski definition) is 4. The van der Waals surface area contributed by atoms with Crippen LogP contribution in [0.3, 0.4) is 0 Å². The fourth-order valence-electron chi connectivity index (χ4n) is 3.95. The Bertz CT molecular complexity index is 1070. The molecule has 2 atom stereocenters. The Morgan fingerprint density at radius 3 is 2.66 bits per heavy atom. The van der Waals surface area contributed by atoms with E-state index in [0.717, 1.165) is 28.0 Å². The lowest BCUT2D eigenvalue weighted by Crippen LogP contribution is -2.44. The highest BCUT2D eigenvalue weighted by Gasteiger charge is 2.26. The minimum Gasteiger partial charge on any atom is -0.487 e. The Balaban J connectivity index is 1.50. The molecule has 0 fully saturated rings. The third-order valence-corrected chi connectivity index (χ3v) is 5.59. The summed E-state index contributed by atoms with van der Waals surface area (Å²) in [7, 11) is 0. The number of nitrogens with one attached hydrogen (secondary N) is 3. The third-order valence-electron chi connectivity index (χ3n) is 5.59. The molecule has 1 unspecified atom stereocenters. The fraction of sp³-hybridized carbons (Fsp3) is 0.308. The van der Waals surface area contributed by atoms with Gasteiger partial charge in [0.25, 0.3) is 5.91 Å². The first kappa shape index (κ1) is 21.7. The van der Waals surface area contributed by atoms with Crippen molar-refractivity contribution >= 4 is 17.4 Å². The smallest absolute Gasteiger partial charge is 0.251 e. The van der Waals surface area contributed by atoms with E-state index >= 15 is 0 Å². The monoisotopic (exact) mass is 431 g/mol. The lowest BCUT2D eigenvalue weighted by molar-refractivity contribution is -0.122. The summed E-state index contributed by atoms with van der Waals surface area (Å²) in [5.74, 6) is 0.915. The van der Waals surface area contributed by atoms with Gasteiger partial charge in [-0.05, 0) is 47.7 Å². The van der Waals surface area contributed by atoms with Gasteiger partial charge in [0.05, 0.1) is 6.04 Å². The highest BCUT2D eigenvalue weighted by Crippen LogP contribution is 2.35. The predicted octanol–water partition coefficient (Wildman–Crippen LogP) is 4.02. The highest BCUT2D eigenvalue weighted by molar-refractivity contribution is 5.95. The van der Waals surface area contributed by atoms with Crippen LogP contribution in [0, 0.1) is 5.92 Å². The highest BCUT2D eigenvalue weighted by atomic mass is 16.5. The minimum atomic E-state index is -0.302. The summed E-state index contributed by atoms with van der Waals surface area (Å²) < 4.78 is 5.90. The van der Waals surface area contributed by atoms with Gasteiger partial charge >= 0.3 is 0 Å². The molecule has 2 aromatic rings. The maximum atomic E-state index is 12.8. The van der Waals surface area contributed by atoms with Crippen LogP contribution in [0.2, 0.25) is 0 Å². The Hall–Kier alpha value is -3.54. The molecule has 0 spiro atoms. The van der Waals surface area contributed by atoms with Crippen molar-refractivity contribution in [2.75, 3.05) is 0 Å². The summed E-state index contributed by atoms with van der Waals surface area (Å²) in [5, 5.41) is 9.21. The maximum Gasteiger partial charge on any atom is 0.251 e. The second kappa shape index (κ2) is 9.30. The quantitative estimate of drug-likeness (QED) is 0.645. The van der Waals surface area contributed by atoms with Crippen LogP contribution < -0.4 is 16.0 Å². The first-order chi connectivity index (χ1) is 15.4. The van der Waals surface area contributed by atoms with Gasteiger partial charge in [0.15, 0.2) is 0 Å². The van der Waals surface area contributed by atoms with E-state index < -0.39 is 0 Å². The second-order valence-corrected chi connectivity index (χ2v) is 8.67. The molecule has 32 heavy (non-hydrogen) atoms. The zero-order valence-corrected chi connectivity index (χ0v) is 18.6. The molecule has 0 aromatic heterocycles. The number of carbonyl (C=O) groups is 2. The van der Waals surface area contributed by atoms with Crippen molar-refractivity contribution in [3.63, 3.8) is 0 Å². The van der Waals surface area contributed by atoms with E-state index in [2.05, 4.69) is 16.0 Å². The zero-order valence-electron chi connectivity index (χ0n) is 18.6. The van der Waals surface area contributed by atoms with Crippen LogP contribution in [-0.4, -0.2) is 18.0 Å². The zero-order chi connectivity index (χ0) is 22.7. The Morgan fingerprint density at radius 2 is 1.91 bits per heavy atom. The van der Waals surface area contributed by atoms with Crippen LogP contribution in [0.15, 0.2) is 66.6 Å². The van der Waals surface area contributed by atoms with Crippen molar-refractivity contribution in [1.29, 1.82) is 0 Å². The van der Waals surface area contributed by atoms with Gasteiger partial charge in [-0.2, -0.15) is 0 Å². The molecule has 4 rings (SSSR count). The van der Waals surface area contributed by atoms with E-state index in [9.17, 15) is 9.59 Å². The topological polar surface area (TPSA) is 79.5 Å². The molecule has 2 aliphatic heterocycles. The molecule has 166 valence electrons. The number of ether oxygens (including phenoxy) is 1. The van der Waals surface area contributed by atoms with Crippen LogP contribution in [-0.2, 0) is 16.1 Å². The standard InChI is InChI=1S/C26H29N3O3/c1-16(2)11-25(30)29-24-13-22-21-10-9-19(12-20(21)15-32-23(22)14-27-24)26(31)28-17(3)18-7-5-4-6-8-18/h4-10,12-14,16-17,24,27H,11,15H2,1-3H3,(H,28,31)(H,29,30)/t17-,24?/m1/s1. The lowest BCUT2D eigenvalue weighted by atomic mass is 9.92. The van der Waals surface area contributed by atoms with Crippen molar-refractivity contribution in [2.24, 2.45) is 5.92 Å². The Morgan fingerprint density at radius 1 is 1.12 bits per heavy atom. The number of fused-ring (bicyclic) bond motifs is 3. The number of allylic oxidation sites excluding steroid dienone is 1. The molecular formula is C26H29N3O3. The number of hydrogen-bond donors (Lipinski definition) is 3. The molecule has 6 heteroatoms. The molecule has 2 aromatic carbocycles. The lowest BCUT2D eigenvalue weighted by Gasteiger charge is -2.29. The van der Waals surface area contributed by atoms with Crippen LogP contribution in [0.25, 0.3) is 5.57 Å². The molecular weight excluding hydrogens is 402 g/mol. The average Bonchev–Trinajstić information content (AvgIpc) is 2.78. The van der Waals surface area contributed by atoms with E-state index in [1.165, 1.54) is 0 Å². The summed E-state index contributed by atoms with van der Waals surface area (Å²) >= 11 is 0. The van der Waals surface area contributed by atoms with Crippen LogP contribution >= 0.6 is 0 Å². The largest absolute Gasteiger partial charge is 0.487 e. The van der Waals surface area contributed by atoms with Gasteiger partial charge < -0.3 is 20.7 Å². The van der Waals surface area contributed by atoms with Crippen molar-refractivity contribution in [2.45, 2.75) is 46.0 Å². The summed E-state index contributed by atoms with van der Waals surface area (Å²) in [4.78, 5) is 25.0. The summed E-state index contributed by atoms with van der Waals surface area (Å²) in [5.41, 5.74) is 4.54. The SMILES string of the molecule is CC(C)CC(=O)NC1C=C2C(=CN1)OCc1cc(C(=O)N[C@H](C)c3ccccc3)ccc12. The van der Waals surface area contributed by atoms with Crippen molar-refractivity contribution in [1.82, 2.24) is 16.0 Å². The van der Waals surface area contributed by atoms with Gasteiger partial charge in [0.1, 0.15) is 18.5 Å².